The first-order valence-electron chi connectivity index (χ1n) is 7.53. The summed E-state index contributed by atoms with van der Waals surface area (Å²) in [6.07, 6.45) is 3.18. The molecular formula is C16H21N3OS. The monoisotopic (exact) mass is 303 g/mol. The standard InChI is InChI=1S/C16H21N3OS/c1-12-6-9-19(18-12)15-4-2-13(3-5-15)16(20)17-14-7-10-21-11-8-14/h2-5,14H,6-11H2,1H3,(H,17,20). The van der Waals surface area contributed by atoms with Gasteiger partial charge in [-0.2, -0.15) is 16.9 Å². The molecule has 1 aromatic carbocycles. The van der Waals surface area contributed by atoms with Crippen molar-refractivity contribution in [3.63, 3.8) is 0 Å². The summed E-state index contributed by atoms with van der Waals surface area (Å²) in [5, 5.41) is 9.61. The second kappa shape index (κ2) is 6.52. The van der Waals surface area contributed by atoms with Crippen molar-refractivity contribution in [1.29, 1.82) is 0 Å². The van der Waals surface area contributed by atoms with E-state index in [4.69, 9.17) is 0 Å². The molecule has 0 saturated carbocycles. The highest BCUT2D eigenvalue weighted by Crippen LogP contribution is 2.21. The number of carbonyl (C=O) groups excluding carboxylic acids is 1. The number of benzene rings is 1. The summed E-state index contributed by atoms with van der Waals surface area (Å²) < 4.78 is 0. The molecule has 0 spiro atoms. The SMILES string of the molecule is CC1=NN(c2ccc(C(=O)NC3CCSCC3)cc2)CC1. The number of nitrogens with zero attached hydrogens (tertiary/aromatic N) is 2. The molecule has 1 N–H and O–H groups in total. The Balaban J connectivity index is 1.62. The van der Waals surface area contributed by atoms with Crippen molar-refractivity contribution in [3.05, 3.63) is 29.8 Å². The van der Waals surface area contributed by atoms with Crippen molar-refractivity contribution >= 4 is 29.1 Å². The van der Waals surface area contributed by atoms with Crippen LogP contribution >= 0.6 is 11.8 Å². The van der Waals surface area contributed by atoms with Gasteiger partial charge in [0.05, 0.1) is 5.69 Å². The molecule has 0 aliphatic carbocycles. The lowest BCUT2D eigenvalue weighted by Crippen LogP contribution is -2.37. The summed E-state index contributed by atoms with van der Waals surface area (Å²) in [4.78, 5) is 12.2. The van der Waals surface area contributed by atoms with Crippen molar-refractivity contribution in [3.8, 4) is 0 Å². The minimum absolute atomic E-state index is 0.0413. The number of hydrogen-bond donors (Lipinski definition) is 1. The molecule has 0 bridgehead atoms. The molecule has 1 aromatic rings. The fourth-order valence-electron chi connectivity index (χ4n) is 2.66. The van der Waals surface area contributed by atoms with E-state index in [0.717, 1.165) is 54.3 Å². The third-order valence-corrected chi connectivity index (χ3v) is 5.01. The van der Waals surface area contributed by atoms with Crippen LogP contribution in [0.1, 0.15) is 36.5 Å². The van der Waals surface area contributed by atoms with Crippen LogP contribution in [0.3, 0.4) is 0 Å². The average Bonchev–Trinajstić information content (AvgIpc) is 2.95. The molecule has 4 nitrogen and oxygen atoms in total. The van der Waals surface area contributed by atoms with Gasteiger partial charge in [0.15, 0.2) is 0 Å². The second-order valence-corrected chi connectivity index (χ2v) is 6.84. The maximum Gasteiger partial charge on any atom is 0.251 e. The van der Waals surface area contributed by atoms with Gasteiger partial charge in [0.1, 0.15) is 0 Å². The molecule has 1 fully saturated rings. The molecule has 0 aromatic heterocycles. The molecule has 0 radical (unpaired) electrons. The smallest absolute Gasteiger partial charge is 0.251 e. The van der Waals surface area contributed by atoms with E-state index >= 15 is 0 Å². The summed E-state index contributed by atoms with van der Waals surface area (Å²) >= 11 is 1.97. The van der Waals surface area contributed by atoms with Gasteiger partial charge in [-0.05, 0) is 55.5 Å². The number of thioether (sulfide) groups is 1. The molecule has 2 heterocycles. The number of carbonyl (C=O) groups is 1. The zero-order valence-electron chi connectivity index (χ0n) is 12.3. The molecule has 1 saturated heterocycles. The Morgan fingerprint density at radius 2 is 2.00 bits per heavy atom. The number of amides is 1. The summed E-state index contributed by atoms with van der Waals surface area (Å²) in [5.41, 5.74) is 2.95. The third kappa shape index (κ3) is 3.59. The Kier molecular flexibility index (Phi) is 4.48. The first-order valence-corrected chi connectivity index (χ1v) is 8.68. The van der Waals surface area contributed by atoms with Crippen LogP contribution in [0, 0.1) is 0 Å². The Hall–Kier alpha value is -1.49. The molecule has 112 valence electrons. The van der Waals surface area contributed by atoms with E-state index in [1.54, 1.807) is 0 Å². The molecule has 0 unspecified atom stereocenters. The molecule has 2 aliphatic heterocycles. The number of hydrogen-bond acceptors (Lipinski definition) is 4. The fraction of sp³-hybridized carbons (Fsp3) is 0.500. The van der Waals surface area contributed by atoms with E-state index in [-0.39, 0.29) is 5.91 Å². The maximum atomic E-state index is 12.2. The molecule has 21 heavy (non-hydrogen) atoms. The van der Waals surface area contributed by atoms with Gasteiger partial charge in [0, 0.05) is 30.3 Å². The molecule has 1 amide bonds. The van der Waals surface area contributed by atoms with Gasteiger partial charge in [0.2, 0.25) is 0 Å². The zero-order valence-corrected chi connectivity index (χ0v) is 13.2. The third-order valence-electron chi connectivity index (χ3n) is 3.96. The highest BCUT2D eigenvalue weighted by atomic mass is 32.2. The first-order chi connectivity index (χ1) is 10.2. The topological polar surface area (TPSA) is 44.7 Å². The minimum atomic E-state index is 0.0413. The van der Waals surface area contributed by atoms with E-state index in [1.807, 2.05) is 48.0 Å². The van der Waals surface area contributed by atoms with Gasteiger partial charge in [-0.1, -0.05) is 0 Å². The van der Waals surface area contributed by atoms with E-state index < -0.39 is 0 Å². The van der Waals surface area contributed by atoms with Crippen molar-refractivity contribution < 1.29 is 4.79 Å². The van der Waals surface area contributed by atoms with E-state index in [1.165, 1.54) is 0 Å². The van der Waals surface area contributed by atoms with Gasteiger partial charge in [-0.25, -0.2) is 0 Å². The van der Waals surface area contributed by atoms with Crippen molar-refractivity contribution in [2.24, 2.45) is 5.10 Å². The van der Waals surface area contributed by atoms with E-state index in [9.17, 15) is 4.79 Å². The molecule has 3 rings (SSSR count). The predicted molar refractivity (Wildman–Crippen MR) is 89.3 cm³/mol. The Morgan fingerprint density at radius 1 is 1.29 bits per heavy atom. The number of anilines is 1. The summed E-state index contributed by atoms with van der Waals surface area (Å²) in [7, 11) is 0. The zero-order chi connectivity index (χ0) is 14.7. The molecule has 0 atom stereocenters. The Bertz CT molecular complexity index is 535. The lowest BCUT2D eigenvalue weighted by molar-refractivity contribution is 0.0935. The van der Waals surface area contributed by atoms with Crippen molar-refractivity contribution in [1.82, 2.24) is 5.32 Å². The lowest BCUT2D eigenvalue weighted by Gasteiger charge is -2.22. The predicted octanol–water partition coefficient (Wildman–Crippen LogP) is 2.90. The van der Waals surface area contributed by atoms with Crippen LogP contribution in [-0.4, -0.2) is 35.7 Å². The van der Waals surface area contributed by atoms with Crippen molar-refractivity contribution in [2.45, 2.75) is 32.2 Å². The van der Waals surface area contributed by atoms with Gasteiger partial charge in [-0.15, -0.1) is 0 Å². The van der Waals surface area contributed by atoms with Crippen LogP contribution in [0.4, 0.5) is 5.69 Å². The highest BCUT2D eigenvalue weighted by molar-refractivity contribution is 7.99. The van der Waals surface area contributed by atoms with E-state index in [0.29, 0.717) is 6.04 Å². The quantitative estimate of drug-likeness (QED) is 0.934. The normalized spacial score (nSPS) is 19.5. The van der Waals surface area contributed by atoms with Crippen LogP contribution in [0.5, 0.6) is 0 Å². The fourth-order valence-corrected chi connectivity index (χ4v) is 3.76. The first kappa shape index (κ1) is 14.4. The van der Waals surface area contributed by atoms with Crippen LogP contribution in [0.25, 0.3) is 0 Å². The summed E-state index contributed by atoms with van der Waals surface area (Å²) in [6, 6.07) is 8.09. The average molecular weight is 303 g/mol. The number of hydrazone groups is 1. The lowest BCUT2D eigenvalue weighted by atomic mass is 10.1. The van der Waals surface area contributed by atoms with Crippen LogP contribution in [-0.2, 0) is 0 Å². The summed E-state index contributed by atoms with van der Waals surface area (Å²) in [6.45, 7) is 2.97. The van der Waals surface area contributed by atoms with Crippen LogP contribution in [0.2, 0.25) is 0 Å². The Labute approximate surface area is 130 Å². The van der Waals surface area contributed by atoms with Gasteiger partial charge < -0.3 is 5.32 Å². The summed E-state index contributed by atoms with van der Waals surface area (Å²) in [5.74, 6) is 2.34. The molecule has 2 aliphatic rings. The Morgan fingerprint density at radius 3 is 2.62 bits per heavy atom. The molecular weight excluding hydrogens is 282 g/mol. The molecule has 5 heteroatoms. The van der Waals surface area contributed by atoms with Gasteiger partial charge in [0.25, 0.3) is 5.91 Å². The second-order valence-electron chi connectivity index (χ2n) is 5.62. The van der Waals surface area contributed by atoms with Gasteiger partial charge in [-0.3, -0.25) is 9.80 Å². The van der Waals surface area contributed by atoms with Crippen LogP contribution in [0.15, 0.2) is 29.4 Å². The van der Waals surface area contributed by atoms with Crippen LogP contribution < -0.4 is 10.3 Å². The van der Waals surface area contributed by atoms with E-state index in [2.05, 4.69) is 10.4 Å². The van der Waals surface area contributed by atoms with Gasteiger partial charge >= 0.3 is 0 Å². The minimum Gasteiger partial charge on any atom is -0.349 e. The highest BCUT2D eigenvalue weighted by Gasteiger charge is 2.17. The van der Waals surface area contributed by atoms with Crippen molar-refractivity contribution in [2.75, 3.05) is 23.1 Å². The largest absolute Gasteiger partial charge is 0.349 e. The number of nitrogens with one attached hydrogen (secondary N) is 1. The maximum absolute atomic E-state index is 12.2. The number of rotatable bonds is 3.